The first-order valence-corrected chi connectivity index (χ1v) is 9.33. The number of nitrogens with one attached hydrogen (secondary N) is 2. The molecule has 8 heteroatoms. The molecular formula is C18H26ClN7. The number of aliphatic imine (C=N–C) groups is 1. The van der Waals surface area contributed by atoms with Crippen molar-refractivity contribution in [3.05, 3.63) is 41.3 Å². The number of halogens is 1. The van der Waals surface area contributed by atoms with E-state index in [0.29, 0.717) is 11.1 Å². The summed E-state index contributed by atoms with van der Waals surface area (Å²) in [5.41, 5.74) is 1.26. The summed E-state index contributed by atoms with van der Waals surface area (Å²) in [6.07, 6.45) is 8.83. The van der Waals surface area contributed by atoms with E-state index < -0.39 is 0 Å². The average Bonchev–Trinajstić information content (AvgIpc) is 3.27. The van der Waals surface area contributed by atoms with E-state index >= 15 is 0 Å². The maximum absolute atomic E-state index is 6.25. The summed E-state index contributed by atoms with van der Waals surface area (Å²) in [7, 11) is 3.75. The maximum atomic E-state index is 6.25. The number of nitrogens with zero attached hydrogens (tertiary/aromatic N) is 5. The van der Waals surface area contributed by atoms with E-state index in [1.807, 2.05) is 30.1 Å². The number of aryl methyl sites for hydroxylation is 2. The van der Waals surface area contributed by atoms with E-state index in [4.69, 9.17) is 11.6 Å². The first-order valence-electron chi connectivity index (χ1n) is 8.96. The van der Waals surface area contributed by atoms with E-state index in [2.05, 4.69) is 36.8 Å². The summed E-state index contributed by atoms with van der Waals surface area (Å²) >= 11 is 6.25. The highest BCUT2D eigenvalue weighted by Crippen LogP contribution is 2.25. The predicted octanol–water partition coefficient (Wildman–Crippen LogP) is 1.84. The van der Waals surface area contributed by atoms with Crippen LogP contribution in [0.1, 0.15) is 18.4 Å². The van der Waals surface area contributed by atoms with Gasteiger partial charge in [0.1, 0.15) is 5.82 Å². The number of pyridine rings is 1. The van der Waals surface area contributed by atoms with Crippen molar-refractivity contribution < 1.29 is 0 Å². The molecule has 2 aromatic rings. The van der Waals surface area contributed by atoms with Gasteiger partial charge in [0.2, 0.25) is 0 Å². The molecule has 140 valence electrons. The Hall–Kier alpha value is -2.28. The zero-order valence-electron chi connectivity index (χ0n) is 15.3. The molecule has 1 atom stereocenters. The van der Waals surface area contributed by atoms with Gasteiger partial charge in [-0.3, -0.25) is 9.67 Å². The molecule has 0 aromatic carbocycles. The van der Waals surface area contributed by atoms with Gasteiger partial charge in [0.25, 0.3) is 0 Å². The Balaban J connectivity index is 1.42. The van der Waals surface area contributed by atoms with Gasteiger partial charge in [-0.2, -0.15) is 5.10 Å². The lowest BCUT2D eigenvalue weighted by Gasteiger charge is -2.20. The molecule has 1 saturated heterocycles. The largest absolute Gasteiger partial charge is 0.356 e. The Morgan fingerprint density at radius 3 is 3.08 bits per heavy atom. The highest BCUT2D eigenvalue weighted by atomic mass is 35.5. The van der Waals surface area contributed by atoms with E-state index in [9.17, 15) is 0 Å². The van der Waals surface area contributed by atoms with Crippen molar-refractivity contribution in [3.8, 4) is 0 Å². The van der Waals surface area contributed by atoms with Crippen LogP contribution in [0.2, 0.25) is 5.02 Å². The molecule has 26 heavy (non-hydrogen) atoms. The summed E-state index contributed by atoms with van der Waals surface area (Å²) in [5, 5.41) is 11.8. The second kappa shape index (κ2) is 8.89. The Morgan fingerprint density at radius 2 is 2.35 bits per heavy atom. The van der Waals surface area contributed by atoms with Crippen LogP contribution in [0.4, 0.5) is 5.82 Å². The lowest BCUT2D eigenvalue weighted by atomic mass is 10.2. The Morgan fingerprint density at radius 1 is 1.46 bits per heavy atom. The monoisotopic (exact) mass is 375 g/mol. The first kappa shape index (κ1) is 18.5. The van der Waals surface area contributed by atoms with Crippen LogP contribution in [0.5, 0.6) is 0 Å². The third-order valence-electron chi connectivity index (χ3n) is 4.48. The summed E-state index contributed by atoms with van der Waals surface area (Å²) in [4.78, 5) is 10.9. The van der Waals surface area contributed by atoms with Gasteiger partial charge in [-0.05, 0) is 37.0 Å². The summed E-state index contributed by atoms with van der Waals surface area (Å²) in [6.45, 7) is 2.68. The molecule has 0 saturated carbocycles. The average molecular weight is 376 g/mol. The van der Waals surface area contributed by atoms with Gasteiger partial charge in [0.05, 0.1) is 11.2 Å². The predicted molar refractivity (Wildman–Crippen MR) is 106 cm³/mol. The van der Waals surface area contributed by atoms with E-state index in [1.54, 1.807) is 13.2 Å². The van der Waals surface area contributed by atoms with Crippen LogP contribution in [0, 0.1) is 0 Å². The summed E-state index contributed by atoms with van der Waals surface area (Å²) < 4.78 is 1.84. The number of anilines is 1. The number of rotatable bonds is 6. The highest BCUT2D eigenvalue weighted by Gasteiger charge is 2.25. The molecule has 1 unspecified atom stereocenters. The van der Waals surface area contributed by atoms with E-state index in [0.717, 1.165) is 50.7 Å². The van der Waals surface area contributed by atoms with Crippen LogP contribution in [0.3, 0.4) is 0 Å². The fourth-order valence-electron chi connectivity index (χ4n) is 3.17. The van der Waals surface area contributed by atoms with Crippen LogP contribution >= 0.6 is 11.6 Å². The molecule has 0 radical (unpaired) electrons. The standard InChI is InChI=1S/C18H26ClN7/c1-20-18(22-9-3-5-14-11-23-25(2)12-14)24-15-7-10-26(13-15)17-16(19)6-4-8-21-17/h4,6,8,11-12,15H,3,5,7,9-10,13H2,1-2H3,(H2,20,22,24). The van der Waals surface area contributed by atoms with Crippen molar-refractivity contribution in [2.75, 3.05) is 31.6 Å². The summed E-state index contributed by atoms with van der Waals surface area (Å²) in [6, 6.07) is 4.07. The second-order valence-electron chi connectivity index (χ2n) is 6.51. The first-order chi connectivity index (χ1) is 12.7. The Bertz CT molecular complexity index is 743. The molecule has 1 aliphatic heterocycles. The van der Waals surface area contributed by atoms with Gasteiger partial charge < -0.3 is 15.5 Å². The molecule has 0 aliphatic carbocycles. The van der Waals surface area contributed by atoms with Crippen molar-refractivity contribution >= 4 is 23.4 Å². The molecule has 0 bridgehead atoms. The lowest BCUT2D eigenvalue weighted by Crippen LogP contribution is -2.45. The molecule has 3 rings (SSSR count). The molecule has 0 spiro atoms. The van der Waals surface area contributed by atoms with Gasteiger partial charge in [0, 0.05) is 52.2 Å². The van der Waals surface area contributed by atoms with E-state index in [-0.39, 0.29) is 0 Å². The SMILES string of the molecule is CN=C(NCCCc1cnn(C)c1)NC1CCN(c2ncccc2Cl)C1. The fraction of sp³-hybridized carbons (Fsp3) is 0.500. The van der Waals surface area contributed by atoms with Crippen LogP contribution in [0.15, 0.2) is 35.7 Å². The topological polar surface area (TPSA) is 70.4 Å². The third-order valence-corrected chi connectivity index (χ3v) is 4.78. The second-order valence-corrected chi connectivity index (χ2v) is 6.92. The molecule has 1 fully saturated rings. The minimum absolute atomic E-state index is 0.331. The van der Waals surface area contributed by atoms with Crippen molar-refractivity contribution in [3.63, 3.8) is 0 Å². The molecule has 0 amide bonds. The highest BCUT2D eigenvalue weighted by molar-refractivity contribution is 6.32. The van der Waals surface area contributed by atoms with Gasteiger partial charge in [-0.1, -0.05) is 11.6 Å². The molecule has 2 N–H and O–H groups in total. The Labute approximate surface area is 159 Å². The van der Waals surface area contributed by atoms with Crippen LogP contribution in [-0.4, -0.2) is 53.4 Å². The van der Waals surface area contributed by atoms with E-state index in [1.165, 1.54) is 5.56 Å². The fourth-order valence-corrected chi connectivity index (χ4v) is 3.41. The minimum Gasteiger partial charge on any atom is -0.356 e. The van der Waals surface area contributed by atoms with Gasteiger partial charge >= 0.3 is 0 Å². The van der Waals surface area contributed by atoms with Crippen LogP contribution in [0.25, 0.3) is 0 Å². The van der Waals surface area contributed by atoms with Crippen molar-refractivity contribution in [1.82, 2.24) is 25.4 Å². The molecule has 3 heterocycles. The molecule has 1 aliphatic rings. The number of hydrogen-bond donors (Lipinski definition) is 2. The normalized spacial score (nSPS) is 17.6. The van der Waals surface area contributed by atoms with Crippen molar-refractivity contribution in [2.24, 2.45) is 12.0 Å². The maximum Gasteiger partial charge on any atom is 0.191 e. The number of hydrogen-bond acceptors (Lipinski definition) is 4. The third kappa shape index (κ3) is 4.88. The molecule has 2 aromatic heterocycles. The molecular weight excluding hydrogens is 350 g/mol. The van der Waals surface area contributed by atoms with Crippen molar-refractivity contribution in [1.29, 1.82) is 0 Å². The number of aromatic nitrogens is 3. The van der Waals surface area contributed by atoms with Crippen LogP contribution < -0.4 is 15.5 Å². The van der Waals surface area contributed by atoms with Crippen LogP contribution in [-0.2, 0) is 13.5 Å². The summed E-state index contributed by atoms with van der Waals surface area (Å²) in [5.74, 6) is 1.70. The minimum atomic E-state index is 0.331. The quantitative estimate of drug-likeness (QED) is 0.458. The van der Waals surface area contributed by atoms with Gasteiger partial charge in [0.15, 0.2) is 5.96 Å². The van der Waals surface area contributed by atoms with Crippen molar-refractivity contribution in [2.45, 2.75) is 25.3 Å². The number of guanidine groups is 1. The Kier molecular flexibility index (Phi) is 6.33. The molecule has 7 nitrogen and oxygen atoms in total. The zero-order valence-corrected chi connectivity index (χ0v) is 16.1. The zero-order chi connectivity index (χ0) is 18.4. The van der Waals surface area contributed by atoms with Gasteiger partial charge in [-0.25, -0.2) is 4.98 Å². The smallest absolute Gasteiger partial charge is 0.191 e. The van der Waals surface area contributed by atoms with Gasteiger partial charge in [-0.15, -0.1) is 0 Å². The lowest BCUT2D eigenvalue weighted by molar-refractivity contribution is 0.642.